The Morgan fingerprint density at radius 3 is 2.45 bits per heavy atom. The number of hydrogen-bond donors (Lipinski definition) is 0. The fraction of sp³-hybridized carbons (Fsp3) is 0.143. The number of nitrogens with zero attached hydrogens (tertiary/aromatic N) is 2. The summed E-state index contributed by atoms with van der Waals surface area (Å²) in [5.74, 6) is -2.47. The van der Waals surface area contributed by atoms with Crippen molar-refractivity contribution in [3.63, 3.8) is 0 Å². The van der Waals surface area contributed by atoms with E-state index in [2.05, 4.69) is 20.9 Å². The second-order valence-corrected chi connectivity index (χ2v) is 4.86. The Morgan fingerprint density at radius 1 is 1.25 bits per heavy atom. The summed E-state index contributed by atoms with van der Waals surface area (Å²) < 4.78 is 26.6. The quantitative estimate of drug-likeness (QED) is 0.796. The molecule has 0 spiro atoms. The average Bonchev–Trinajstić information content (AvgIpc) is 2.44. The van der Waals surface area contributed by atoms with Crippen molar-refractivity contribution in [1.29, 1.82) is 0 Å². The molecule has 0 radical (unpaired) electrons. The number of carbonyl (C=O) groups is 1. The Bertz CT molecular complexity index is 635. The molecule has 0 aliphatic rings. The minimum absolute atomic E-state index is 0.0718. The molecular formula is C14H11BrF2N2O. The molecule has 6 heteroatoms. The van der Waals surface area contributed by atoms with Crippen LogP contribution >= 0.6 is 15.9 Å². The second-order valence-electron chi connectivity index (χ2n) is 4.00. The molecule has 1 aromatic carbocycles. The maximum Gasteiger partial charge on any atom is 0.259 e. The van der Waals surface area contributed by atoms with Gasteiger partial charge >= 0.3 is 0 Å². The smallest absolute Gasteiger partial charge is 0.259 e. The summed E-state index contributed by atoms with van der Waals surface area (Å²) in [5, 5.41) is 0. The van der Waals surface area contributed by atoms with Gasteiger partial charge in [-0.3, -0.25) is 9.78 Å². The molecule has 0 aliphatic carbocycles. The van der Waals surface area contributed by atoms with Crippen LogP contribution in [0.3, 0.4) is 0 Å². The van der Waals surface area contributed by atoms with Crippen LogP contribution in [-0.4, -0.2) is 17.4 Å². The summed E-state index contributed by atoms with van der Waals surface area (Å²) >= 11 is 3.09. The molecule has 0 saturated carbocycles. The maximum atomic E-state index is 13.3. The van der Waals surface area contributed by atoms with Crippen molar-refractivity contribution in [1.82, 2.24) is 4.98 Å². The first-order valence-electron chi connectivity index (χ1n) is 5.91. The van der Waals surface area contributed by atoms with Gasteiger partial charge in [0, 0.05) is 29.1 Å². The van der Waals surface area contributed by atoms with Gasteiger partial charge < -0.3 is 4.90 Å². The van der Waals surface area contributed by atoms with Gasteiger partial charge in [-0.1, -0.05) is 0 Å². The van der Waals surface area contributed by atoms with Gasteiger partial charge in [-0.25, -0.2) is 8.78 Å². The van der Waals surface area contributed by atoms with Gasteiger partial charge in [0.05, 0.1) is 5.56 Å². The van der Waals surface area contributed by atoms with E-state index in [1.807, 2.05) is 0 Å². The average molecular weight is 341 g/mol. The molecule has 0 unspecified atom stereocenters. The van der Waals surface area contributed by atoms with Gasteiger partial charge in [0.1, 0.15) is 0 Å². The van der Waals surface area contributed by atoms with Crippen LogP contribution in [0.2, 0.25) is 0 Å². The summed E-state index contributed by atoms with van der Waals surface area (Å²) in [6.07, 6.45) is 3.12. The first-order valence-corrected chi connectivity index (χ1v) is 6.70. The number of halogens is 3. The van der Waals surface area contributed by atoms with E-state index in [4.69, 9.17) is 0 Å². The summed E-state index contributed by atoms with van der Waals surface area (Å²) in [5.41, 5.74) is 0.715. The molecule has 3 nitrogen and oxygen atoms in total. The van der Waals surface area contributed by atoms with Crippen LogP contribution < -0.4 is 4.90 Å². The van der Waals surface area contributed by atoms with E-state index in [0.29, 0.717) is 12.2 Å². The number of pyridine rings is 1. The van der Waals surface area contributed by atoms with E-state index >= 15 is 0 Å². The Morgan fingerprint density at radius 2 is 1.85 bits per heavy atom. The lowest BCUT2D eigenvalue weighted by molar-refractivity contribution is 0.0987. The molecule has 104 valence electrons. The van der Waals surface area contributed by atoms with Crippen molar-refractivity contribution in [2.45, 2.75) is 6.92 Å². The summed E-state index contributed by atoms with van der Waals surface area (Å²) in [4.78, 5) is 17.8. The van der Waals surface area contributed by atoms with Crippen molar-refractivity contribution < 1.29 is 13.6 Å². The molecule has 1 heterocycles. The van der Waals surface area contributed by atoms with Gasteiger partial charge in [-0.2, -0.15) is 0 Å². The van der Waals surface area contributed by atoms with Crippen molar-refractivity contribution in [2.24, 2.45) is 0 Å². The number of carbonyl (C=O) groups excluding carboxylic acids is 1. The molecule has 0 saturated heterocycles. The maximum absolute atomic E-state index is 13.3. The molecule has 0 N–H and O–H groups in total. The number of rotatable bonds is 3. The first-order chi connectivity index (χ1) is 9.54. The third kappa shape index (κ3) is 2.85. The van der Waals surface area contributed by atoms with Gasteiger partial charge in [-0.15, -0.1) is 0 Å². The zero-order valence-electron chi connectivity index (χ0n) is 10.6. The molecule has 2 rings (SSSR count). The number of anilines is 1. The highest BCUT2D eigenvalue weighted by atomic mass is 79.9. The predicted molar refractivity (Wildman–Crippen MR) is 75.6 cm³/mol. The van der Waals surface area contributed by atoms with Crippen LogP contribution in [0.25, 0.3) is 0 Å². The minimum Gasteiger partial charge on any atom is -0.309 e. The Kier molecular flexibility index (Phi) is 4.44. The number of hydrogen-bond acceptors (Lipinski definition) is 2. The van der Waals surface area contributed by atoms with Gasteiger partial charge in [0.15, 0.2) is 11.6 Å². The summed E-state index contributed by atoms with van der Waals surface area (Å²) in [7, 11) is 0. The van der Waals surface area contributed by atoms with Crippen molar-refractivity contribution in [3.8, 4) is 0 Å². The predicted octanol–water partition coefficient (Wildman–Crippen LogP) is 3.79. The van der Waals surface area contributed by atoms with Gasteiger partial charge in [-0.05, 0) is 47.1 Å². The Labute approximate surface area is 123 Å². The van der Waals surface area contributed by atoms with Crippen molar-refractivity contribution in [2.75, 3.05) is 11.4 Å². The highest BCUT2D eigenvalue weighted by Crippen LogP contribution is 2.24. The van der Waals surface area contributed by atoms with Crippen LogP contribution in [-0.2, 0) is 0 Å². The van der Waals surface area contributed by atoms with Gasteiger partial charge in [0.2, 0.25) is 0 Å². The summed E-state index contributed by atoms with van der Waals surface area (Å²) in [6, 6.07) is 5.19. The molecule has 20 heavy (non-hydrogen) atoms. The van der Waals surface area contributed by atoms with Crippen LogP contribution in [0.1, 0.15) is 17.3 Å². The van der Waals surface area contributed by atoms with Crippen LogP contribution in [0.4, 0.5) is 14.5 Å². The zero-order chi connectivity index (χ0) is 14.7. The SMILES string of the molecule is CCN(C(=O)c1cc(F)c(F)cc1Br)c1ccncc1. The third-order valence-corrected chi connectivity index (χ3v) is 3.43. The fourth-order valence-corrected chi connectivity index (χ4v) is 2.28. The van der Waals surface area contributed by atoms with E-state index in [-0.39, 0.29) is 10.0 Å². The molecule has 1 amide bonds. The number of amides is 1. The number of benzene rings is 1. The fourth-order valence-electron chi connectivity index (χ4n) is 1.80. The zero-order valence-corrected chi connectivity index (χ0v) is 12.2. The Hall–Kier alpha value is -1.82. The molecular weight excluding hydrogens is 330 g/mol. The van der Waals surface area contributed by atoms with E-state index < -0.39 is 17.5 Å². The monoisotopic (exact) mass is 340 g/mol. The lowest BCUT2D eigenvalue weighted by Gasteiger charge is -2.21. The largest absolute Gasteiger partial charge is 0.309 e. The van der Waals surface area contributed by atoms with E-state index in [1.165, 1.54) is 4.90 Å². The molecule has 0 atom stereocenters. The molecule has 0 bridgehead atoms. The van der Waals surface area contributed by atoms with Crippen molar-refractivity contribution >= 4 is 27.5 Å². The van der Waals surface area contributed by atoms with E-state index in [0.717, 1.165) is 12.1 Å². The minimum atomic E-state index is -1.05. The molecule has 2 aromatic rings. The standard InChI is InChI=1S/C14H11BrF2N2O/c1-2-19(9-3-5-18-6-4-9)14(20)10-7-12(16)13(17)8-11(10)15/h3-8H,2H2,1H3. The second kappa shape index (κ2) is 6.09. The lowest BCUT2D eigenvalue weighted by Crippen LogP contribution is -2.31. The molecule has 0 aliphatic heterocycles. The van der Waals surface area contributed by atoms with Crippen LogP contribution in [0.15, 0.2) is 41.1 Å². The van der Waals surface area contributed by atoms with Gasteiger partial charge in [0.25, 0.3) is 5.91 Å². The van der Waals surface area contributed by atoms with Crippen LogP contribution in [0.5, 0.6) is 0 Å². The molecule has 1 aromatic heterocycles. The molecule has 0 fully saturated rings. The number of aromatic nitrogens is 1. The Balaban J connectivity index is 2.42. The first kappa shape index (κ1) is 14.6. The van der Waals surface area contributed by atoms with Crippen LogP contribution in [0, 0.1) is 11.6 Å². The lowest BCUT2D eigenvalue weighted by atomic mass is 10.1. The summed E-state index contributed by atoms with van der Waals surface area (Å²) in [6.45, 7) is 2.19. The normalized spacial score (nSPS) is 10.4. The third-order valence-electron chi connectivity index (χ3n) is 2.78. The topological polar surface area (TPSA) is 33.2 Å². The van der Waals surface area contributed by atoms with E-state index in [1.54, 1.807) is 31.5 Å². The highest BCUT2D eigenvalue weighted by Gasteiger charge is 2.20. The highest BCUT2D eigenvalue weighted by molar-refractivity contribution is 9.10. The van der Waals surface area contributed by atoms with E-state index in [9.17, 15) is 13.6 Å². The van der Waals surface area contributed by atoms with Crippen molar-refractivity contribution in [3.05, 3.63) is 58.3 Å².